The van der Waals surface area contributed by atoms with Gasteiger partial charge in [0.05, 0.1) is 22.8 Å². The monoisotopic (exact) mass is 277 g/mol. The summed E-state index contributed by atoms with van der Waals surface area (Å²) in [4.78, 5) is 19.0. The zero-order chi connectivity index (χ0) is 13.5. The third-order valence-electron chi connectivity index (χ3n) is 2.48. The Morgan fingerprint density at radius 3 is 3.00 bits per heavy atom. The van der Waals surface area contributed by atoms with Crippen molar-refractivity contribution in [3.63, 3.8) is 0 Å². The highest BCUT2D eigenvalue weighted by atomic mass is 32.1. The minimum Gasteiger partial charge on any atom is -0.481 e. The third kappa shape index (κ3) is 4.76. The number of nitrogens with one attached hydrogen (secondary N) is 1. The van der Waals surface area contributed by atoms with E-state index in [4.69, 9.17) is 5.11 Å². The number of carbonyl (C=O) groups is 1. The van der Waals surface area contributed by atoms with Crippen molar-refractivity contribution in [1.29, 1.82) is 0 Å². The second kappa shape index (κ2) is 6.96. The first-order valence-electron chi connectivity index (χ1n) is 6.00. The number of thiazole rings is 1. The van der Waals surface area contributed by atoms with E-state index in [1.54, 1.807) is 6.20 Å². The van der Waals surface area contributed by atoms with Crippen LogP contribution in [-0.2, 0) is 24.2 Å². The Kier molecular flexibility index (Phi) is 5.00. The molecule has 0 saturated carbocycles. The van der Waals surface area contributed by atoms with Crippen LogP contribution in [0.5, 0.6) is 0 Å². The zero-order valence-electron chi connectivity index (χ0n) is 10.4. The molecule has 2 aromatic heterocycles. The summed E-state index contributed by atoms with van der Waals surface area (Å²) in [5.41, 5.74) is 1.64. The lowest BCUT2D eigenvalue weighted by atomic mass is 10.3. The van der Waals surface area contributed by atoms with Crippen LogP contribution >= 0.6 is 11.3 Å². The molecule has 0 bridgehead atoms. The molecule has 0 saturated heterocycles. The molecule has 0 amide bonds. The van der Waals surface area contributed by atoms with Crippen LogP contribution in [0.15, 0.2) is 29.8 Å². The molecule has 0 radical (unpaired) electrons. The van der Waals surface area contributed by atoms with Gasteiger partial charge in [0.25, 0.3) is 0 Å². The van der Waals surface area contributed by atoms with Crippen LogP contribution in [0, 0.1) is 0 Å². The molecular weight excluding hydrogens is 262 g/mol. The fourth-order valence-electron chi connectivity index (χ4n) is 1.61. The number of aromatic nitrogens is 2. The smallest absolute Gasteiger partial charge is 0.309 e. The largest absolute Gasteiger partial charge is 0.481 e. The first-order chi connectivity index (χ1) is 9.24. The standard InChI is InChI=1S/C13H15N3O2S/c17-13(18)7-11-9-19-12(16-11)4-6-14-8-10-3-1-2-5-15-10/h1-3,5,9,14H,4,6-8H2,(H,17,18). The number of carboxylic acid groups (broad SMARTS) is 1. The molecule has 2 rings (SSSR count). The molecule has 19 heavy (non-hydrogen) atoms. The molecule has 2 aromatic rings. The van der Waals surface area contributed by atoms with Gasteiger partial charge in [-0.25, -0.2) is 4.98 Å². The lowest BCUT2D eigenvalue weighted by molar-refractivity contribution is -0.136. The fourth-order valence-corrected chi connectivity index (χ4v) is 2.41. The molecule has 6 heteroatoms. The van der Waals surface area contributed by atoms with Gasteiger partial charge in [0, 0.05) is 31.1 Å². The summed E-state index contributed by atoms with van der Waals surface area (Å²) in [6, 6.07) is 5.83. The topological polar surface area (TPSA) is 75.1 Å². The van der Waals surface area contributed by atoms with Crippen LogP contribution in [0.25, 0.3) is 0 Å². The van der Waals surface area contributed by atoms with E-state index in [0.717, 1.165) is 30.2 Å². The van der Waals surface area contributed by atoms with E-state index >= 15 is 0 Å². The molecule has 100 valence electrons. The van der Waals surface area contributed by atoms with E-state index in [-0.39, 0.29) is 6.42 Å². The Labute approximate surface area is 115 Å². The number of carboxylic acids is 1. The molecule has 2 heterocycles. The average Bonchev–Trinajstić information content (AvgIpc) is 2.83. The Morgan fingerprint density at radius 2 is 2.26 bits per heavy atom. The van der Waals surface area contributed by atoms with Crippen LogP contribution in [0.2, 0.25) is 0 Å². The van der Waals surface area contributed by atoms with Crippen molar-refractivity contribution in [2.75, 3.05) is 6.54 Å². The van der Waals surface area contributed by atoms with Gasteiger partial charge < -0.3 is 10.4 Å². The number of rotatable bonds is 7. The quantitative estimate of drug-likeness (QED) is 0.750. The van der Waals surface area contributed by atoms with Crippen LogP contribution in [0.3, 0.4) is 0 Å². The average molecular weight is 277 g/mol. The summed E-state index contributed by atoms with van der Waals surface area (Å²) in [5.74, 6) is -0.842. The number of nitrogens with zero attached hydrogens (tertiary/aromatic N) is 2. The highest BCUT2D eigenvalue weighted by Gasteiger charge is 2.05. The van der Waals surface area contributed by atoms with Crippen molar-refractivity contribution in [1.82, 2.24) is 15.3 Å². The van der Waals surface area contributed by atoms with Gasteiger partial charge in [0.1, 0.15) is 0 Å². The minimum absolute atomic E-state index is 0.00212. The van der Waals surface area contributed by atoms with Gasteiger partial charge in [-0.05, 0) is 12.1 Å². The summed E-state index contributed by atoms with van der Waals surface area (Å²) < 4.78 is 0. The van der Waals surface area contributed by atoms with Crippen molar-refractivity contribution in [3.05, 3.63) is 46.2 Å². The first kappa shape index (κ1) is 13.6. The maximum atomic E-state index is 10.5. The van der Waals surface area contributed by atoms with Crippen LogP contribution in [-0.4, -0.2) is 27.6 Å². The second-order valence-electron chi connectivity index (χ2n) is 4.05. The van der Waals surface area contributed by atoms with Gasteiger partial charge >= 0.3 is 5.97 Å². The summed E-state index contributed by atoms with van der Waals surface area (Å²) in [6.45, 7) is 1.53. The van der Waals surface area contributed by atoms with Crippen molar-refractivity contribution in [2.45, 2.75) is 19.4 Å². The van der Waals surface area contributed by atoms with Gasteiger partial charge in [0.15, 0.2) is 0 Å². The summed E-state index contributed by atoms with van der Waals surface area (Å²) in [6.07, 6.45) is 2.57. The lowest BCUT2D eigenvalue weighted by Crippen LogP contribution is -2.17. The second-order valence-corrected chi connectivity index (χ2v) is 4.99. The third-order valence-corrected chi connectivity index (χ3v) is 3.44. The molecule has 5 nitrogen and oxygen atoms in total. The predicted octanol–water partition coefficient (Wildman–Crippen LogP) is 1.50. The van der Waals surface area contributed by atoms with E-state index in [9.17, 15) is 4.79 Å². The Hall–Kier alpha value is -1.79. The molecule has 0 fully saturated rings. The highest BCUT2D eigenvalue weighted by molar-refractivity contribution is 7.09. The van der Waals surface area contributed by atoms with Gasteiger partial charge in [0.2, 0.25) is 0 Å². The van der Waals surface area contributed by atoms with Crippen molar-refractivity contribution in [3.8, 4) is 0 Å². The number of aliphatic carboxylic acids is 1. The molecule has 0 aliphatic heterocycles. The first-order valence-corrected chi connectivity index (χ1v) is 6.87. The van der Waals surface area contributed by atoms with Crippen LogP contribution in [0.4, 0.5) is 0 Å². The zero-order valence-corrected chi connectivity index (χ0v) is 11.2. The van der Waals surface area contributed by atoms with E-state index in [1.165, 1.54) is 11.3 Å². The normalized spacial score (nSPS) is 10.5. The van der Waals surface area contributed by atoms with E-state index in [0.29, 0.717) is 5.69 Å². The number of pyridine rings is 1. The van der Waals surface area contributed by atoms with E-state index in [2.05, 4.69) is 15.3 Å². The molecule has 0 aliphatic rings. The molecule has 2 N–H and O–H groups in total. The summed E-state index contributed by atoms with van der Waals surface area (Å²) in [5, 5.41) is 14.7. The maximum Gasteiger partial charge on any atom is 0.309 e. The molecule has 0 unspecified atom stereocenters. The summed E-state index contributed by atoms with van der Waals surface area (Å²) in [7, 11) is 0. The molecule has 0 aliphatic carbocycles. The highest BCUT2D eigenvalue weighted by Crippen LogP contribution is 2.10. The Bertz CT molecular complexity index is 528. The maximum absolute atomic E-state index is 10.5. The lowest BCUT2D eigenvalue weighted by Gasteiger charge is -2.02. The predicted molar refractivity (Wildman–Crippen MR) is 73.1 cm³/mol. The fraction of sp³-hybridized carbons (Fsp3) is 0.308. The molecule has 0 aromatic carbocycles. The molecule has 0 atom stereocenters. The van der Waals surface area contributed by atoms with Gasteiger partial charge in [-0.2, -0.15) is 0 Å². The van der Waals surface area contributed by atoms with Crippen molar-refractivity contribution in [2.24, 2.45) is 0 Å². The van der Waals surface area contributed by atoms with Gasteiger partial charge in [-0.15, -0.1) is 11.3 Å². The Balaban J connectivity index is 1.71. The van der Waals surface area contributed by atoms with Crippen LogP contribution < -0.4 is 5.32 Å². The van der Waals surface area contributed by atoms with Crippen molar-refractivity contribution >= 4 is 17.3 Å². The summed E-state index contributed by atoms with van der Waals surface area (Å²) >= 11 is 1.51. The Morgan fingerprint density at radius 1 is 1.37 bits per heavy atom. The van der Waals surface area contributed by atoms with E-state index < -0.39 is 5.97 Å². The van der Waals surface area contributed by atoms with Gasteiger partial charge in [-0.1, -0.05) is 6.07 Å². The van der Waals surface area contributed by atoms with Crippen LogP contribution in [0.1, 0.15) is 16.4 Å². The molecule has 0 spiro atoms. The number of hydrogen-bond donors (Lipinski definition) is 2. The van der Waals surface area contributed by atoms with E-state index in [1.807, 2.05) is 23.6 Å². The van der Waals surface area contributed by atoms with Gasteiger partial charge in [-0.3, -0.25) is 9.78 Å². The SMILES string of the molecule is O=C(O)Cc1csc(CCNCc2ccccn2)n1. The molecular formula is C13H15N3O2S. The van der Waals surface area contributed by atoms with Crippen molar-refractivity contribution < 1.29 is 9.90 Å². The number of hydrogen-bond acceptors (Lipinski definition) is 5. The minimum atomic E-state index is -0.842.